The number of rotatable bonds is 4. The first kappa shape index (κ1) is 17.7. The van der Waals surface area contributed by atoms with E-state index in [1.165, 1.54) is 19.0 Å². The first-order chi connectivity index (χ1) is 12.3. The second-order valence-electron chi connectivity index (χ2n) is 6.85. The lowest BCUT2D eigenvalue weighted by molar-refractivity contribution is 0.588. The number of nitrogens with one attached hydrogen (secondary N) is 1. The number of anilines is 2. The molecule has 0 amide bonds. The molecule has 0 aliphatic heterocycles. The van der Waals surface area contributed by atoms with Gasteiger partial charge in [0.2, 0.25) is 5.28 Å². The molecule has 1 saturated carbocycles. The molecule has 2 heterocycles. The van der Waals surface area contributed by atoms with E-state index in [9.17, 15) is 4.57 Å². The summed E-state index contributed by atoms with van der Waals surface area (Å²) < 4.78 is 13.1. The van der Waals surface area contributed by atoms with Gasteiger partial charge in [0.05, 0.1) is 17.4 Å². The van der Waals surface area contributed by atoms with Crippen LogP contribution in [0.3, 0.4) is 0 Å². The minimum atomic E-state index is -2.61. The van der Waals surface area contributed by atoms with Gasteiger partial charge in [0.25, 0.3) is 0 Å². The maximum atomic E-state index is 13.1. The average Bonchev–Trinajstić information content (AvgIpc) is 3.41. The van der Waals surface area contributed by atoms with Crippen molar-refractivity contribution >= 4 is 58.1 Å². The number of hydrogen-bond acceptors (Lipinski definition) is 5. The highest BCUT2D eigenvalue weighted by molar-refractivity contribution is 7.71. The van der Waals surface area contributed by atoms with Crippen molar-refractivity contribution in [3.63, 3.8) is 0 Å². The van der Waals surface area contributed by atoms with Crippen LogP contribution >= 0.6 is 30.3 Å². The normalized spacial score (nSPS) is 14.6. The Morgan fingerprint density at radius 1 is 1.12 bits per heavy atom. The Labute approximate surface area is 161 Å². The Morgan fingerprint density at radius 3 is 2.58 bits per heavy atom. The molecular formula is C18H17Cl2N4OP. The molecule has 0 unspecified atom stereocenters. The van der Waals surface area contributed by atoms with Crippen molar-refractivity contribution < 1.29 is 4.57 Å². The van der Waals surface area contributed by atoms with Gasteiger partial charge in [-0.15, -0.1) is 0 Å². The van der Waals surface area contributed by atoms with Gasteiger partial charge in [-0.05, 0) is 56.0 Å². The molecule has 1 fully saturated rings. The van der Waals surface area contributed by atoms with Crippen molar-refractivity contribution in [1.82, 2.24) is 15.0 Å². The summed E-state index contributed by atoms with van der Waals surface area (Å²) in [7, 11) is -2.61. The highest BCUT2D eigenvalue weighted by Crippen LogP contribution is 2.43. The molecule has 1 aliphatic carbocycles. The Balaban J connectivity index is 1.87. The van der Waals surface area contributed by atoms with Gasteiger partial charge in [-0.25, -0.2) is 4.98 Å². The molecule has 5 nitrogen and oxygen atoms in total. The Morgan fingerprint density at radius 2 is 1.88 bits per heavy atom. The van der Waals surface area contributed by atoms with Gasteiger partial charge in [-0.1, -0.05) is 17.7 Å². The van der Waals surface area contributed by atoms with E-state index in [1.807, 2.05) is 24.3 Å². The van der Waals surface area contributed by atoms with Gasteiger partial charge in [0.15, 0.2) is 5.82 Å². The van der Waals surface area contributed by atoms with Crippen LogP contribution in [-0.4, -0.2) is 28.3 Å². The second-order valence-corrected chi connectivity index (χ2v) is 10.7. The molecule has 0 bridgehead atoms. The number of pyridine rings is 1. The van der Waals surface area contributed by atoms with E-state index in [2.05, 4.69) is 15.3 Å². The lowest BCUT2D eigenvalue weighted by Crippen LogP contribution is -2.13. The van der Waals surface area contributed by atoms with Crippen LogP contribution in [-0.2, 0) is 4.57 Å². The largest absolute Gasteiger partial charge is 0.338 e. The molecule has 134 valence electrons. The number of halogens is 2. The molecule has 0 saturated heterocycles. The predicted octanol–water partition coefficient (Wildman–Crippen LogP) is 5.20. The van der Waals surface area contributed by atoms with Gasteiger partial charge < -0.3 is 9.88 Å². The zero-order chi connectivity index (χ0) is 18.5. The summed E-state index contributed by atoms with van der Waals surface area (Å²) in [6, 6.07) is 7.86. The van der Waals surface area contributed by atoms with Gasteiger partial charge in [-0.2, -0.15) is 4.98 Å². The van der Waals surface area contributed by atoms with Crippen LogP contribution in [0.4, 0.5) is 11.5 Å². The Kier molecular flexibility index (Phi) is 4.42. The SMILES string of the molecule is CP(C)(=O)c1c(Nc2nc(Cl)ncc2Cl)ccc2nc(C3CC3)ccc12. The van der Waals surface area contributed by atoms with Crippen molar-refractivity contribution in [2.45, 2.75) is 18.8 Å². The highest BCUT2D eigenvalue weighted by atomic mass is 35.5. The molecule has 0 radical (unpaired) electrons. The lowest BCUT2D eigenvalue weighted by Gasteiger charge is -2.18. The molecule has 1 aromatic carbocycles. The monoisotopic (exact) mass is 406 g/mol. The van der Waals surface area contributed by atoms with E-state index in [4.69, 9.17) is 28.2 Å². The first-order valence-electron chi connectivity index (χ1n) is 8.27. The Hall–Kier alpha value is -1.68. The minimum absolute atomic E-state index is 0.0890. The van der Waals surface area contributed by atoms with E-state index in [0.29, 0.717) is 22.4 Å². The summed E-state index contributed by atoms with van der Waals surface area (Å²) in [6.45, 7) is 3.49. The van der Waals surface area contributed by atoms with Gasteiger partial charge in [-0.3, -0.25) is 4.98 Å². The highest BCUT2D eigenvalue weighted by Gasteiger charge is 2.26. The molecule has 1 aliphatic rings. The number of fused-ring (bicyclic) bond motifs is 1. The van der Waals surface area contributed by atoms with E-state index >= 15 is 0 Å². The minimum Gasteiger partial charge on any atom is -0.338 e. The maximum absolute atomic E-state index is 13.1. The summed E-state index contributed by atoms with van der Waals surface area (Å²) in [5.41, 5.74) is 2.64. The van der Waals surface area contributed by atoms with Crippen molar-refractivity contribution in [3.8, 4) is 0 Å². The zero-order valence-electron chi connectivity index (χ0n) is 14.3. The van der Waals surface area contributed by atoms with E-state index in [0.717, 1.165) is 21.9 Å². The Bertz CT molecular complexity index is 1060. The zero-order valence-corrected chi connectivity index (χ0v) is 16.7. The van der Waals surface area contributed by atoms with Crippen LogP contribution in [0, 0.1) is 0 Å². The number of nitrogens with zero attached hydrogens (tertiary/aromatic N) is 3. The van der Waals surface area contributed by atoms with Crippen LogP contribution < -0.4 is 10.6 Å². The quantitative estimate of drug-likeness (QED) is 0.476. The molecular weight excluding hydrogens is 390 g/mol. The number of aromatic nitrogens is 3. The third kappa shape index (κ3) is 3.44. The van der Waals surface area contributed by atoms with E-state index in [-0.39, 0.29) is 5.28 Å². The van der Waals surface area contributed by atoms with E-state index in [1.54, 1.807) is 13.3 Å². The molecule has 4 rings (SSSR count). The van der Waals surface area contributed by atoms with Crippen LogP contribution in [0.25, 0.3) is 10.9 Å². The smallest absolute Gasteiger partial charge is 0.224 e. The summed E-state index contributed by atoms with van der Waals surface area (Å²) in [5.74, 6) is 0.945. The van der Waals surface area contributed by atoms with Gasteiger partial charge >= 0.3 is 0 Å². The third-order valence-corrected chi connectivity index (χ3v) is 6.38. The second kappa shape index (κ2) is 6.49. The molecule has 8 heteroatoms. The van der Waals surface area contributed by atoms with Crippen LogP contribution in [0.15, 0.2) is 30.5 Å². The van der Waals surface area contributed by atoms with Crippen molar-refractivity contribution in [1.29, 1.82) is 0 Å². The molecule has 0 atom stereocenters. The molecule has 0 spiro atoms. The van der Waals surface area contributed by atoms with Crippen LogP contribution in [0.1, 0.15) is 24.5 Å². The summed E-state index contributed by atoms with van der Waals surface area (Å²) in [5, 5.41) is 5.20. The van der Waals surface area contributed by atoms with Crippen LogP contribution in [0.5, 0.6) is 0 Å². The summed E-state index contributed by atoms with van der Waals surface area (Å²) in [4.78, 5) is 12.7. The molecule has 2 aromatic heterocycles. The number of hydrogen-bond donors (Lipinski definition) is 1. The molecule has 3 aromatic rings. The average molecular weight is 407 g/mol. The predicted molar refractivity (Wildman–Crippen MR) is 108 cm³/mol. The maximum Gasteiger partial charge on any atom is 0.224 e. The van der Waals surface area contributed by atoms with Crippen molar-refractivity contribution in [2.75, 3.05) is 18.6 Å². The summed E-state index contributed by atoms with van der Waals surface area (Å²) in [6.07, 6.45) is 3.82. The number of benzene rings is 1. The molecule has 1 N–H and O–H groups in total. The molecule has 26 heavy (non-hydrogen) atoms. The van der Waals surface area contributed by atoms with Crippen LogP contribution in [0.2, 0.25) is 10.3 Å². The first-order valence-corrected chi connectivity index (χ1v) is 11.6. The lowest BCUT2D eigenvalue weighted by atomic mass is 10.1. The van der Waals surface area contributed by atoms with Crippen molar-refractivity contribution in [2.24, 2.45) is 0 Å². The fourth-order valence-electron chi connectivity index (χ4n) is 3.05. The van der Waals surface area contributed by atoms with E-state index < -0.39 is 7.14 Å². The van der Waals surface area contributed by atoms with Gasteiger partial charge in [0.1, 0.15) is 12.2 Å². The fraction of sp³-hybridized carbons (Fsp3) is 0.278. The van der Waals surface area contributed by atoms with Gasteiger partial charge in [0, 0.05) is 22.3 Å². The fourth-order valence-corrected chi connectivity index (χ4v) is 4.80. The van der Waals surface area contributed by atoms with Crippen molar-refractivity contribution in [3.05, 3.63) is 46.5 Å². The summed E-state index contributed by atoms with van der Waals surface area (Å²) >= 11 is 12.0. The topological polar surface area (TPSA) is 67.8 Å². The standard InChI is InChI=1S/C18H17Cl2N4OP/c1-26(2,25)16-11-5-6-13(10-3-4-10)22-14(11)7-8-15(16)23-17-12(19)9-21-18(20)24-17/h5-10H,3-4H2,1-2H3,(H,21,23,24). The third-order valence-electron chi connectivity index (χ3n) is 4.37.